The van der Waals surface area contributed by atoms with Crippen LogP contribution in [0.4, 0.5) is 20.4 Å². The Hall–Kier alpha value is -2.78. The van der Waals surface area contributed by atoms with Gasteiger partial charge in [-0.3, -0.25) is 18.2 Å². The van der Waals surface area contributed by atoms with E-state index in [1.54, 1.807) is 0 Å². The van der Waals surface area contributed by atoms with Crippen molar-refractivity contribution in [2.75, 3.05) is 24.7 Å². The maximum atomic E-state index is 16.0. The highest BCUT2D eigenvalue weighted by Gasteiger charge is 2.53. The van der Waals surface area contributed by atoms with E-state index < -0.39 is 76.6 Å². The van der Waals surface area contributed by atoms with Gasteiger partial charge in [0.15, 0.2) is 47.7 Å². The standard InChI is InChI=1S/C20H21BF2N10O8P2S/c21-42(34)36-1-7-14(10(23)20(38-7)33-6-31-12-16(25)27-4-29-18(12)33)41-43(35,44)37-2-8-13(40-42)9(22)19(39-8)32-5-30-11-15(24)26-3-28-17(11)32/h3-10,13-14,19-20H,1-2H2,(H,35,44)(H2,24,26,28)(H2,25,27,29)/t7-,8-,9-,10-,13-,14-,19-,20-,42?,43?/m1/s1. The topological polar surface area (TPSA) is 232 Å². The number of rotatable bonds is 2. The fraction of sp³-hybridized carbons (Fsp3) is 0.500. The van der Waals surface area contributed by atoms with Crippen molar-refractivity contribution in [3.8, 4) is 0 Å². The van der Waals surface area contributed by atoms with Gasteiger partial charge in [0.2, 0.25) is 7.57 Å². The predicted molar refractivity (Wildman–Crippen MR) is 149 cm³/mol. The second-order valence-electron chi connectivity index (χ2n) is 9.92. The Kier molecular flexibility index (Phi) is 7.43. The normalized spacial score (nSPS) is 38.2. The van der Waals surface area contributed by atoms with Crippen LogP contribution in [0.1, 0.15) is 12.5 Å². The van der Waals surface area contributed by atoms with E-state index in [-0.39, 0.29) is 34.0 Å². The maximum absolute atomic E-state index is 16.0. The third-order valence-electron chi connectivity index (χ3n) is 7.20. The number of fused-ring (bicyclic) bond motifs is 4. The summed E-state index contributed by atoms with van der Waals surface area (Å²) < 4.78 is 81.0. The van der Waals surface area contributed by atoms with E-state index in [1.807, 2.05) is 0 Å². The van der Waals surface area contributed by atoms with Gasteiger partial charge < -0.3 is 39.4 Å². The van der Waals surface area contributed by atoms with Crippen LogP contribution in [0.25, 0.3) is 22.3 Å². The second-order valence-corrected chi connectivity index (χ2v) is 14.3. The van der Waals surface area contributed by atoms with Crippen LogP contribution in [0.5, 0.6) is 0 Å². The molecule has 3 saturated heterocycles. The van der Waals surface area contributed by atoms with Crippen molar-refractivity contribution in [3.05, 3.63) is 25.3 Å². The van der Waals surface area contributed by atoms with Crippen molar-refractivity contribution in [2.45, 2.75) is 49.2 Å². The minimum atomic E-state index is -4.57. The van der Waals surface area contributed by atoms with Crippen LogP contribution in [-0.2, 0) is 43.9 Å². The number of nitrogens with two attached hydrogens (primary N) is 2. The molecule has 4 aromatic rings. The Labute approximate surface area is 251 Å². The minimum absolute atomic E-state index is 0.0472. The molecule has 0 aromatic carbocycles. The molecule has 7 heterocycles. The van der Waals surface area contributed by atoms with Crippen molar-refractivity contribution >= 4 is 67.5 Å². The number of nitrogen functional groups attached to an aromatic ring is 2. The number of anilines is 2. The van der Waals surface area contributed by atoms with Crippen molar-refractivity contribution in [3.63, 3.8) is 0 Å². The number of halogens is 2. The summed E-state index contributed by atoms with van der Waals surface area (Å²) in [5, 5.41) is 0. The predicted octanol–water partition coefficient (Wildman–Crippen LogP) is 0.612. The Balaban J connectivity index is 1.17. The van der Waals surface area contributed by atoms with Crippen molar-refractivity contribution in [1.82, 2.24) is 39.0 Å². The molecule has 2 radical (unpaired) electrons. The number of hydrogen-bond donors (Lipinski definition) is 3. The number of nitrogens with zero attached hydrogens (tertiary/aromatic N) is 8. The second kappa shape index (κ2) is 10.9. The summed E-state index contributed by atoms with van der Waals surface area (Å²) in [6.45, 7) is -5.58. The van der Waals surface area contributed by atoms with Gasteiger partial charge in [-0.2, -0.15) is 0 Å². The molecule has 3 aliphatic heterocycles. The molecule has 44 heavy (non-hydrogen) atoms. The van der Waals surface area contributed by atoms with Crippen LogP contribution in [0.2, 0.25) is 0 Å². The first-order valence-corrected chi connectivity index (χ1v) is 16.9. The van der Waals surface area contributed by atoms with Crippen LogP contribution < -0.4 is 11.5 Å². The van der Waals surface area contributed by atoms with E-state index in [2.05, 4.69) is 29.9 Å². The van der Waals surface area contributed by atoms with Crippen LogP contribution in [-0.4, -0.2) is 101 Å². The molecular weight excluding hydrogens is 651 g/mol. The molecule has 0 aliphatic carbocycles. The molecule has 4 aromatic heterocycles. The molecule has 5 N–H and O–H groups in total. The Morgan fingerprint density at radius 2 is 1.32 bits per heavy atom. The number of hydrogen-bond acceptors (Lipinski definition) is 16. The van der Waals surface area contributed by atoms with Crippen LogP contribution in [0.3, 0.4) is 0 Å². The lowest BCUT2D eigenvalue weighted by atomic mass is 10.1. The summed E-state index contributed by atoms with van der Waals surface area (Å²) in [5.41, 5.74) is 12.3. The van der Waals surface area contributed by atoms with Crippen molar-refractivity contribution < 1.29 is 45.8 Å². The van der Waals surface area contributed by atoms with E-state index in [0.717, 1.165) is 12.7 Å². The zero-order chi connectivity index (χ0) is 31.0. The largest absolute Gasteiger partial charge is 0.382 e. The Morgan fingerprint density at radius 1 is 0.841 bits per heavy atom. The number of imidazole rings is 2. The average molecular weight is 672 g/mol. The molecule has 3 aliphatic rings. The summed E-state index contributed by atoms with van der Waals surface area (Å²) in [5.74, 6) is 0.0968. The molecule has 18 nitrogen and oxygen atoms in total. The molecule has 0 amide bonds. The fourth-order valence-electron chi connectivity index (χ4n) is 5.20. The zero-order valence-corrected chi connectivity index (χ0v) is 24.6. The van der Waals surface area contributed by atoms with Gasteiger partial charge in [0.25, 0.3) is 7.47 Å². The smallest absolute Gasteiger partial charge is 0.325 e. The highest BCUT2D eigenvalue weighted by Crippen LogP contribution is 2.54. The number of ether oxygens (including phenoxy) is 2. The molecule has 7 rings (SSSR count). The monoisotopic (exact) mass is 672 g/mol. The van der Waals surface area contributed by atoms with E-state index in [1.165, 1.54) is 21.8 Å². The highest BCUT2D eigenvalue weighted by molar-refractivity contribution is 8.07. The molecule has 24 heteroatoms. The fourth-order valence-corrected chi connectivity index (χ4v) is 7.64. The average Bonchev–Trinajstić information content (AvgIpc) is 3.73. The Morgan fingerprint density at radius 3 is 1.84 bits per heavy atom. The summed E-state index contributed by atoms with van der Waals surface area (Å²) >= 11 is 5.14. The molecule has 2 unspecified atom stereocenters. The first kappa shape index (κ1) is 29.9. The highest BCUT2D eigenvalue weighted by atomic mass is 32.5. The molecule has 0 saturated carbocycles. The molecular formula is C20H21BF2N10O8P2S. The van der Waals surface area contributed by atoms with Gasteiger partial charge in [-0.25, -0.2) is 38.7 Å². The lowest BCUT2D eigenvalue weighted by molar-refractivity contribution is -0.0566. The van der Waals surface area contributed by atoms with E-state index in [4.69, 9.17) is 58.4 Å². The van der Waals surface area contributed by atoms with Gasteiger partial charge in [-0.05, 0) is 11.8 Å². The third-order valence-corrected chi connectivity index (χ3v) is 9.81. The molecule has 0 spiro atoms. The number of alkyl halides is 2. The quantitative estimate of drug-likeness (QED) is 0.196. The van der Waals surface area contributed by atoms with E-state index >= 15 is 8.78 Å². The van der Waals surface area contributed by atoms with Crippen LogP contribution >= 0.6 is 14.2 Å². The van der Waals surface area contributed by atoms with Gasteiger partial charge in [0.05, 0.1) is 25.9 Å². The summed E-state index contributed by atoms with van der Waals surface area (Å²) in [6.07, 6.45) is -8.19. The van der Waals surface area contributed by atoms with E-state index in [9.17, 15) is 9.46 Å². The summed E-state index contributed by atoms with van der Waals surface area (Å²) in [6, 6.07) is 0. The van der Waals surface area contributed by atoms with Gasteiger partial charge in [-0.1, -0.05) is 0 Å². The van der Waals surface area contributed by atoms with Gasteiger partial charge in [0.1, 0.15) is 48.1 Å². The SMILES string of the molecule is [B]P1(=O)OC[C@H]2O[C@@H](n3cnc4c(N)ncnc43)[C@H](F)[C@@H]2OP(O)(=S)OC[C@H]2O[C@@H](n3cnc4c(N)ncnc43)[C@H](F)[C@@H]2O1. The summed E-state index contributed by atoms with van der Waals surface area (Å²) in [7, 11) is 1.26. The molecule has 3 fully saturated rings. The van der Waals surface area contributed by atoms with Crippen LogP contribution in [0.15, 0.2) is 25.3 Å². The molecule has 10 atom stereocenters. The van der Waals surface area contributed by atoms with Crippen LogP contribution in [0, 0.1) is 0 Å². The summed E-state index contributed by atoms with van der Waals surface area (Å²) in [4.78, 5) is 34.9. The maximum Gasteiger partial charge on any atom is 0.325 e. The number of aromatic nitrogens is 8. The molecule has 0 bridgehead atoms. The minimum Gasteiger partial charge on any atom is -0.382 e. The lowest BCUT2D eigenvalue weighted by Gasteiger charge is -2.29. The first-order chi connectivity index (χ1) is 20.9. The first-order valence-electron chi connectivity index (χ1n) is 12.7. The zero-order valence-electron chi connectivity index (χ0n) is 22.0. The Bertz CT molecular complexity index is 1710. The lowest BCUT2D eigenvalue weighted by Crippen LogP contribution is -2.37. The van der Waals surface area contributed by atoms with Gasteiger partial charge >= 0.3 is 6.72 Å². The van der Waals surface area contributed by atoms with E-state index in [0.29, 0.717) is 0 Å². The van der Waals surface area contributed by atoms with Gasteiger partial charge in [0, 0.05) is 0 Å². The van der Waals surface area contributed by atoms with Crippen molar-refractivity contribution in [1.29, 1.82) is 0 Å². The van der Waals surface area contributed by atoms with Crippen molar-refractivity contribution in [2.24, 2.45) is 0 Å². The molecule has 232 valence electrons. The third kappa shape index (κ3) is 5.18. The van der Waals surface area contributed by atoms with Gasteiger partial charge in [-0.15, -0.1) is 0 Å².